The van der Waals surface area contributed by atoms with E-state index in [4.69, 9.17) is 33.3 Å². The molecule has 2 aliphatic rings. The van der Waals surface area contributed by atoms with Crippen molar-refractivity contribution in [2.75, 3.05) is 19.8 Å². The van der Waals surface area contributed by atoms with Crippen molar-refractivity contribution in [1.29, 1.82) is 0 Å². The van der Waals surface area contributed by atoms with Gasteiger partial charge in [0.2, 0.25) is 0 Å². The van der Waals surface area contributed by atoms with Crippen molar-refractivity contribution in [2.45, 2.75) is 18.9 Å². The van der Waals surface area contributed by atoms with Gasteiger partial charge in [0.05, 0.1) is 12.3 Å². The summed E-state index contributed by atoms with van der Waals surface area (Å²) in [5.74, 6) is 0.827. The molecule has 0 aliphatic carbocycles. The van der Waals surface area contributed by atoms with E-state index in [2.05, 4.69) is 15.8 Å². The van der Waals surface area contributed by atoms with Crippen LogP contribution in [0.1, 0.15) is 18.4 Å². The first-order valence-corrected chi connectivity index (χ1v) is 8.31. The highest BCUT2D eigenvalue weighted by Gasteiger charge is 2.15. The number of hydrazone groups is 1. The van der Waals surface area contributed by atoms with E-state index < -0.39 is 0 Å². The quantitative estimate of drug-likeness (QED) is 0.496. The first kappa shape index (κ1) is 16.2. The maximum absolute atomic E-state index is 5.99. The van der Waals surface area contributed by atoms with Gasteiger partial charge in [0.25, 0.3) is 0 Å². The summed E-state index contributed by atoms with van der Waals surface area (Å²) in [7, 11) is 0. The molecule has 23 heavy (non-hydrogen) atoms. The molecule has 7 heteroatoms. The molecule has 0 aromatic heterocycles. The summed E-state index contributed by atoms with van der Waals surface area (Å²) in [5.41, 5.74) is 4.69. The Labute approximate surface area is 145 Å². The molecule has 1 fully saturated rings. The van der Waals surface area contributed by atoms with Gasteiger partial charge < -0.3 is 14.8 Å². The van der Waals surface area contributed by atoms with Crippen molar-refractivity contribution in [3.05, 3.63) is 34.4 Å². The average molecular weight is 352 g/mol. The van der Waals surface area contributed by atoms with Crippen LogP contribution < -0.4 is 15.5 Å². The third-order valence-corrected chi connectivity index (χ3v) is 4.09. The molecule has 2 heterocycles. The van der Waals surface area contributed by atoms with Crippen LogP contribution in [0.4, 0.5) is 0 Å². The summed E-state index contributed by atoms with van der Waals surface area (Å²) in [5, 5.41) is 8.40. The largest absolute Gasteiger partial charge is 0.488 e. The second kappa shape index (κ2) is 7.77. The van der Waals surface area contributed by atoms with E-state index in [-0.39, 0.29) is 6.10 Å². The highest BCUT2D eigenvalue weighted by Crippen LogP contribution is 2.28. The Morgan fingerprint density at radius 1 is 1.48 bits per heavy atom. The second-order valence-electron chi connectivity index (χ2n) is 5.41. The number of nitrogens with zero attached hydrogens (tertiary/aromatic N) is 1. The Kier molecular flexibility index (Phi) is 5.48. The lowest BCUT2D eigenvalue weighted by Gasteiger charge is -2.16. The Hall–Kier alpha value is -1.63. The fraction of sp³-hybridized carbons (Fsp3) is 0.375. The van der Waals surface area contributed by atoms with E-state index in [1.165, 1.54) is 0 Å². The molecule has 0 radical (unpaired) electrons. The molecule has 1 unspecified atom stereocenters. The minimum Gasteiger partial charge on any atom is -0.488 e. The fourth-order valence-electron chi connectivity index (χ4n) is 2.47. The minimum atomic E-state index is 0.245. The molecular formula is C16H18ClN3O2S. The number of ether oxygens (including phenoxy) is 2. The number of nitrogens with one attached hydrogen (secondary N) is 2. The molecule has 0 saturated carbocycles. The predicted octanol–water partition coefficient (Wildman–Crippen LogP) is 2.74. The van der Waals surface area contributed by atoms with Gasteiger partial charge in [-0.25, -0.2) is 0 Å². The molecule has 1 atom stereocenters. The Balaban J connectivity index is 1.49. The Morgan fingerprint density at radius 3 is 3.22 bits per heavy atom. The first-order chi connectivity index (χ1) is 11.2. The van der Waals surface area contributed by atoms with Crippen LogP contribution in [0.15, 0.2) is 28.9 Å². The normalized spacial score (nSPS) is 19.9. The standard InChI is InChI=1S/C16H18ClN3O2S/c17-13-3-4-15-12(7-13)6-11(10-22-15)8-19-20-16(23)18-9-14-2-1-5-21-14/h3-4,6-8,14H,1-2,5,9-10H2,(H2,18,20,23)/b19-8+. The highest BCUT2D eigenvalue weighted by atomic mass is 35.5. The molecule has 0 bridgehead atoms. The third kappa shape index (κ3) is 4.67. The lowest BCUT2D eigenvalue weighted by atomic mass is 10.1. The van der Waals surface area contributed by atoms with E-state index in [1.807, 2.05) is 24.3 Å². The molecule has 3 rings (SSSR count). The molecule has 0 spiro atoms. The number of benzene rings is 1. The van der Waals surface area contributed by atoms with Crippen molar-refractivity contribution in [2.24, 2.45) is 5.10 Å². The van der Waals surface area contributed by atoms with E-state index in [9.17, 15) is 0 Å². The van der Waals surface area contributed by atoms with Gasteiger partial charge in [-0.05, 0) is 49.3 Å². The van der Waals surface area contributed by atoms with E-state index in [0.717, 1.165) is 36.3 Å². The second-order valence-corrected chi connectivity index (χ2v) is 6.25. The van der Waals surface area contributed by atoms with Crippen molar-refractivity contribution in [1.82, 2.24) is 10.7 Å². The number of hydrogen-bond donors (Lipinski definition) is 2. The summed E-state index contributed by atoms with van der Waals surface area (Å²) in [6.45, 7) is 2.01. The summed E-state index contributed by atoms with van der Waals surface area (Å²) >= 11 is 11.2. The summed E-state index contributed by atoms with van der Waals surface area (Å²) in [6, 6.07) is 5.54. The maximum atomic E-state index is 5.99. The van der Waals surface area contributed by atoms with Crippen LogP contribution in [0.3, 0.4) is 0 Å². The van der Waals surface area contributed by atoms with Gasteiger partial charge in [-0.1, -0.05) is 11.6 Å². The Morgan fingerprint density at radius 2 is 2.39 bits per heavy atom. The van der Waals surface area contributed by atoms with Crippen LogP contribution >= 0.6 is 23.8 Å². The molecule has 0 amide bonds. The molecule has 122 valence electrons. The van der Waals surface area contributed by atoms with Gasteiger partial charge in [-0.3, -0.25) is 5.43 Å². The zero-order valence-corrected chi connectivity index (χ0v) is 14.1. The molecule has 1 aromatic carbocycles. The van der Waals surface area contributed by atoms with Crippen molar-refractivity contribution < 1.29 is 9.47 Å². The predicted molar refractivity (Wildman–Crippen MR) is 96.1 cm³/mol. The molecule has 1 aromatic rings. The number of rotatable bonds is 4. The van der Waals surface area contributed by atoms with E-state index in [0.29, 0.717) is 23.3 Å². The SMILES string of the molecule is S=C(NCC1CCCO1)N/N=C/C1=Cc2cc(Cl)ccc2OC1. The van der Waals surface area contributed by atoms with Crippen molar-refractivity contribution in [3.8, 4) is 5.75 Å². The number of halogens is 1. The summed E-state index contributed by atoms with van der Waals surface area (Å²) < 4.78 is 11.2. The monoisotopic (exact) mass is 351 g/mol. The van der Waals surface area contributed by atoms with Crippen LogP contribution in [0, 0.1) is 0 Å². The van der Waals surface area contributed by atoms with Gasteiger partial charge >= 0.3 is 0 Å². The average Bonchev–Trinajstić information content (AvgIpc) is 3.06. The lowest BCUT2D eigenvalue weighted by Crippen LogP contribution is -2.37. The van der Waals surface area contributed by atoms with Gasteiger partial charge in [0, 0.05) is 29.3 Å². The molecule has 2 N–H and O–H groups in total. The molecule has 1 saturated heterocycles. The smallest absolute Gasteiger partial charge is 0.187 e. The fourth-order valence-corrected chi connectivity index (χ4v) is 2.78. The lowest BCUT2D eigenvalue weighted by molar-refractivity contribution is 0.114. The van der Waals surface area contributed by atoms with Gasteiger partial charge in [-0.15, -0.1) is 0 Å². The van der Waals surface area contributed by atoms with Crippen molar-refractivity contribution >= 4 is 41.2 Å². The zero-order chi connectivity index (χ0) is 16.1. The van der Waals surface area contributed by atoms with Crippen molar-refractivity contribution in [3.63, 3.8) is 0 Å². The van der Waals surface area contributed by atoms with E-state index in [1.54, 1.807) is 6.21 Å². The van der Waals surface area contributed by atoms with Gasteiger partial charge in [0.15, 0.2) is 5.11 Å². The Bertz CT molecular complexity index is 642. The van der Waals surface area contributed by atoms with Crippen LogP contribution in [0.25, 0.3) is 6.08 Å². The molecule has 5 nitrogen and oxygen atoms in total. The number of hydrogen-bond acceptors (Lipinski definition) is 4. The van der Waals surface area contributed by atoms with E-state index >= 15 is 0 Å². The van der Waals surface area contributed by atoms with Gasteiger partial charge in [0.1, 0.15) is 12.4 Å². The zero-order valence-electron chi connectivity index (χ0n) is 12.5. The third-order valence-electron chi connectivity index (χ3n) is 3.62. The van der Waals surface area contributed by atoms with Crippen LogP contribution in [-0.4, -0.2) is 37.2 Å². The topological polar surface area (TPSA) is 54.9 Å². The summed E-state index contributed by atoms with van der Waals surface area (Å²) in [4.78, 5) is 0. The maximum Gasteiger partial charge on any atom is 0.187 e. The first-order valence-electron chi connectivity index (χ1n) is 7.52. The minimum absolute atomic E-state index is 0.245. The van der Waals surface area contributed by atoms with Crippen LogP contribution in [0.5, 0.6) is 5.75 Å². The van der Waals surface area contributed by atoms with Crippen LogP contribution in [0.2, 0.25) is 5.02 Å². The van der Waals surface area contributed by atoms with Crippen LogP contribution in [-0.2, 0) is 4.74 Å². The molecule has 2 aliphatic heterocycles. The number of thiocarbonyl (C=S) groups is 1. The molecular weight excluding hydrogens is 334 g/mol. The van der Waals surface area contributed by atoms with Gasteiger partial charge in [-0.2, -0.15) is 5.10 Å². The summed E-state index contributed by atoms with van der Waals surface area (Å²) in [6.07, 6.45) is 6.13. The highest BCUT2D eigenvalue weighted by molar-refractivity contribution is 7.80. The number of fused-ring (bicyclic) bond motifs is 1.